The molecule has 1 aliphatic rings. The van der Waals surface area contributed by atoms with Gasteiger partial charge in [0.05, 0.1) is 16.8 Å². The largest absolute Gasteiger partial charge is 0.508 e. The Hall–Kier alpha value is -3.59. The third kappa shape index (κ3) is 2.70. The normalized spacial score (nSPS) is 13.6. The Balaban J connectivity index is 1.92. The number of hydrogen-bond donors (Lipinski definition) is 2. The van der Waals surface area contributed by atoms with E-state index in [1.54, 1.807) is 6.07 Å². The van der Waals surface area contributed by atoms with Gasteiger partial charge in [-0.25, -0.2) is 15.0 Å². The predicted molar refractivity (Wildman–Crippen MR) is 114 cm³/mol. The Morgan fingerprint density at radius 3 is 2.69 bits per heavy atom. The Kier molecular flexibility index (Phi) is 3.75. The molecule has 0 saturated heterocycles. The zero-order valence-electron chi connectivity index (χ0n) is 16.6. The number of nitrogen functional groups attached to an aromatic ring is 1. The van der Waals surface area contributed by atoms with Gasteiger partial charge >= 0.3 is 0 Å². The van der Waals surface area contributed by atoms with Crippen molar-refractivity contribution in [3.63, 3.8) is 0 Å². The van der Waals surface area contributed by atoms with Crippen LogP contribution < -0.4 is 5.73 Å². The van der Waals surface area contributed by atoms with E-state index in [1.165, 1.54) is 19.2 Å². The second-order valence-corrected chi connectivity index (χ2v) is 7.70. The van der Waals surface area contributed by atoms with Crippen LogP contribution >= 0.6 is 0 Å². The van der Waals surface area contributed by atoms with Gasteiger partial charge in [-0.1, -0.05) is 17.9 Å². The number of hydrogen-bond acceptors (Lipinski definition) is 5. The Morgan fingerprint density at radius 1 is 1.14 bits per heavy atom. The van der Waals surface area contributed by atoms with Gasteiger partial charge in [-0.05, 0) is 51.3 Å². The Morgan fingerprint density at radius 2 is 1.93 bits per heavy atom. The van der Waals surface area contributed by atoms with Gasteiger partial charge in [-0.2, -0.15) is 0 Å². The SMILES string of the molecule is Cc1ccc(O)c(C)c1-n1c2nc(C)c(C#CC3CC3)cc2c2c(N)ncnc21. The van der Waals surface area contributed by atoms with Crippen molar-refractivity contribution in [3.8, 4) is 23.3 Å². The molecule has 0 aliphatic heterocycles. The summed E-state index contributed by atoms with van der Waals surface area (Å²) in [7, 11) is 0. The van der Waals surface area contributed by atoms with Crippen LogP contribution in [-0.4, -0.2) is 24.6 Å². The lowest BCUT2D eigenvalue weighted by atomic mass is 10.1. The van der Waals surface area contributed by atoms with Gasteiger partial charge in [-0.15, -0.1) is 0 Å². The van der Waals surface area contributed by atoms with Crippen LogP contribution in [0.15, 0.2) is 24.5 Å². The number of rotatable bonds is 1. The summed E-state index contributed by atoms with van der Waals surface area (Å²) in [5.74, 6) is 7.74. The quantitative estimate of drug-likeness (QED) is 0.486. The first-order valence-corrected chi connectivity index (χ1v) is 9.69. The standard InChI is InChI=1S/C23H21N5O/c1-12-4-9-18(29)13(2)20(12)28-22-17(19-21(24)25-11-26-23(19)28)10-16(14(3)27-22)8-7-15-5-6-15/h4,9-11,15,29H,5-6H2,1-3H3,(H2,24,25,26). The predicted octanol–water partition coefficient (Wildman–Crippen LogP) is 3.94. The minimum Gasteiger partial charge on any atom is -0.508 e. The lowest BCUT2D eigenvalue weighted by Gasteiger charge is -2.14. The molecule has 6 heteroatoms. The van der Waals surface area contributed by atoms with E-state index in [1.807, 2.05) is 37.5 Å². The maximum Gasteiger partial charge on any atom is 0.152 e. The van der Waals surface area contributed by atoms with E-state index in [0.29, 0.717) is 17.4 Å². The van der Waals surface area contributed by atoms with E-state index < -0.39 is 0 Å². The molecule has 3 N–H and O–H groups in total. The lowest BCUT2D eigenvalue weighted by Crippen LogP contribution is -2.03. The van der Waals surface area contributed by atoms with Crippen LogP contribution in [0.1, 0.15) is 35.2 Å². The molecule has 29 heavy (non-hydrogen) atoms. The number of nitrogens with two attached hydrogens (primary N) is 1. The van der Waals surface area contributed by atoms with Crippen molar-refractivity contribution in [1.29, 1.82) is 0 Å². The zero-order chi connectivity index (χ0) is 20.3. The second-order valence-electron chi connectivity index (χ2n) is 7.70. The zero-order valence-corrected chi connectivity index (χ0v) is 16.6. The van der Waals surface area contributed by atoms with Gasteiger partial charge in [0.2, 0.25) is 0 Å². The Labute approximate surface area is 168 Å². The van der Waals surface area contributed by atoms with E-state index in [9.17, 15) is 5.11 Å². The molecule has 1 aliphatic carbocycles. The van der Waals surface area contributed by atoms with Crippen LogP contribution in [0, 0.1) is 38.5 Å². The molecule has 0 atom stereocenters. The molecule has 144 valence electrons. The maximum atomic E-state index is 10.3. The molecule has 1 saturated carbocycles. The highest BCUT2D eigenvalue weighted by molar-refractivity contribution is 6.11. The number of aromatic hydroxyl groups is 1. The monoisotopic (exact) mass is 383 g/mol. The van der Waals surface area contributed by atoms with Crippen molar-refractivity contribution in [2.75, 3.05) is 5.73 Å². The molecule has 3 heterocycles. The summed E-state index contributed by atoms with van der Waals surface area (Å²) < 4.78 is 1.97. The van der Waals surface area contributed by atoms with Crippen LogP contribution in [-0.2, 0) is 0 Å². The second kappa shape index (κ2) is 6.21. The third-order valence-corrected chi connectivity index (χ3v) is 5.56. The number of nitrogens with zero attached hydrogens (tertiary/aromatic N) is 4. The summed E-state index contributed by atoms with van der Waals surface area (Å²) in [5, 5.41) is 12.0. The fourth-order valence-corrected chi connectivity index (χ4v) is 3.78. The molecule has 1 fully saturated rings. The van der Waals surface area contributed by atoms with Gasteiger partial charge in [0.15, 0.2) is 5.65 Å². The first-order valence-electron chi connectivity index (χ1n) is 9.69. The van der Waals surface area contributed by atoms with Crippen LogP contribution in [0.2, 0.25) is 0 Å². The molecule has 0 spiro atoms. The molecule has 1 aromatic carbocycles. The van der Waals surface area contributed by atoms with E-state index in [4.69, 9.17) is 10.7 Å². The highest BCUT2D eigenvalue weighted by Gasteiger charge is 2.22. The van der Waals surface area contributed by atoms with Crippen LogP contribution in [0.3, 0.4) is 0 Å². The van der Waals surface area contributed by atoms with Crippen LogP contribution in [0.4, 0.5) is 5.82 Å². The summed E-state index contributed by atoms with van der Waals surface area (Å²) in [4.78, 5) is 13.6. The highest BCUT2D eigenvalue weighted by Crippen LogP contribution is 2.37. The van der Waals surface area contributed by atoms with Gasteiger partial charge in [0.1, 0.15) is 23.5 Å². The van der Waals surface area contributed by atoms with Crippen molar-refractivity contribution in [3.05, 3.63) is 46.9 Å². The fourth-order valence-electron chi connectivity index (χ4n) is 3.78. The number of anilines is 1. The smallest absolute Gasteiger partial charge is 0.152 e. The van der Waals surface area contributed by atoms with Gasteiger partial charge in [-0.3, -0.25) is 4.57 Å². The first kappa shape index (κ1) is 17.5. The molecule has 4 aromatic rings. The van der Waals surface area contributed by atoms with Crippen molar-refractivity contribution < 1.29 is 5.11 Å². The van der Waals surface area contributed by atoms with E-state index in [0.717, 1.165) is 44.5 Å². The summed E-state index contributed by atoms with van der Waals surface area (Å²) >= 11 is 0. The molecule has 0 radical (unpaired) electrons. The van der Waals surface area contributed by atoms with Gasteiger partial charge < -0.3 is 10.8 Å². The number of fused-ring (bicyclic) bond motifs is 3. The van der Waals surface area contributed by atoms with Crippen molar-refractivity contribution in [2.45, 2.75) is 33.6 Å². The van der Waals surface area contributed by atoms with Gasteiger partial charge in [0.25, 0.3) is 0 Å². The van der Waals surface area contributed by atoms with Crippen molar-refractivity contribution >= 4 is 27.9 Å². The van der Waals surface area contributed by atoms with E-state index >= 15 is 0 Å². The van der Waals surface area contributed by atoms with E-state index in [2.05, 4.69) is 21.8 Å². The number of aromatic nitrogens is 4. The van der Waals surface area contributed by atoms with E-state index in [-0.39, 0.29) is 5.75 Å². The van der Waals surface area contributed by atoms with Crippen LogP contribution in [0.5, 0.6) is 5.75 Å². The van der Waals surface area contributed by atoms with Crippen molar-refractivity contribution in [2.24, 2.45) is 5.92 Å². The fraction of sp³-hybridized carbons (Fsp3) is 0.261. The molecular formula is C23H21N5O. The lowest BCUT2D eigenvalue weighted by molar-refractivity contribution is 0.470. The minimum atomic E-state index is 0.228. The topological polar surface area (TPSA) is 89.8 Å². The average Bonchev–Trinajstić information content (AvgIpc) is 3.47. The number of benzene rings is 1. The van der Waals surface area contributed by atoms with Gasteiger partial charge in [0, 0.05) is 22.4 Å². The minimum absolute atomic E-state index is 0.228. The van der Waals surface area contributed by atoms with Crippen molar-refractivity contribution in [1.82, 2.24) is 19.5 Å². The average molecular weight is 383 g/mol. The summed E-state index contributed by atoms with van der Waals surface area (Å²) in [6.07, 6.45) is 3.82. The highest BCUT2D eigenvalue weighted by atomic mass is 16.3. The molecule has 0 bridgehead atoms. The third-order valence-electron chi connectivity index (χ3n) is 5.56. The summed E-state index contributed by atoms with van der Waals surface area (Å²) in [6.45, 7) is 5.87. The molecule has 5 rings (SSSR count). The molecular weight excluding hydrogens is 362 g/mol. The molecule has 6 nitrogen and oxygen atoms in total. The Bertz CT molecular complexity index is 1370. The first-order chi connectivity index (χ1) is 14.0. The molecule has 3 aromatic heterocycles. The number of pyridine rings is 1. The number of phenols is 1. The van der Waals surface area contributed by atoms with Crippen LogP contribution in [0.25, 0.3) is 27.8 Å². The summed E-state index contributed by atoms with van der Waals surface area (Å²) in [6, 6.07) is 5.64. The number of phenolic OH excluding ortho intramolecular Hbond substituents is 1. The molecule has 0 unspecified atom stereocenters. The maximum absolute atomic E-state index is 10.3. The number of aryl methyl sites for hydroxylation is 2. The molecule has 0 amide bonds. The summed E-state index contributed by atoms with van der Waals surface area (Å²) in [5.41, 5.74) is 12.0.